The van der Waals surface area contributed by atoms with E-state index in [0.29, 0.717) is 36.8 Å². The number of hydrogen-bond acceptors (Lipinski definition) is 8. The monoisotopic (exact) mass is 515 g/mol. The summed E-state index contributed by atoms with van der Waals surface area (Å²) in [5.74, 6) is 0.713. The number of anilines is 2. The first-order valence-corrected chi connectivity index (χ1v) is 12.0. The van der Waals surface area contributed by atoms with Gasteiger partial charge in [-0.1, -0.05) is 24.3 Å². The Labute approximate surface area is 207 Å². The van der Waals surface area contributed by atoms with Gasteiger partial charge in [-0.25, -0.2) is 17.9 Å². The molecule has 3 heterocycles. The third kappa shape index (κ3) is 4.63. The van der Waals surface area contributed by atoms with Gasteiger partial charge in [0.15, 0.2) is 10.5 Å². The number of benzene rings is 2. The Morgan fingerprint density at radius 1 is 1.03 bits per heavy atom. The zero-order valence-electron chi connectivity index (χ0n) is 18.4. The van der Waals surface area contributed by atoms with Crippen molar-refractivity contribution in [3.63, 3.8) is 0 Å². The summed E-state index contributed by atoms with van der Waals surface area (Å²) in [7, 11) is -4.23. The zero-order valence-corrected chi connectivity index (χ0v) is 20.0. The lowest BCUT2D eigenvalue weighted by molar-refractivity contribution is -0.387. The highest BCUT2D eigenvalue weighted by Crippen LogP contribution is 2.33. The van der Waals surface area contributed by atoms with Crippen LogP contribution in [0.5, 0.6) is 0 Å². The van der Waals surface area contributed by atoms with Crippen LogP contribution in [-0.2, 0) is 10.0 Å². The summed E-state index contributed by atoms with van der Waals surface area (Å²) in [6.45, 7) is 1.58. The van der Waals surface area contributed by atoms with E-state index >= 15 is 0 Å². The van der Waals surface area contributed by atoms with Gasteiger partial charge in [0.1, 0.15) is 5.82 Å². The maximum absolute atomic E-state index is 13.7. The quantitative estimate of drug-likeness (QED) is 0.314. The molecule has 0 radical (unpaired) electrons. The van der Waals surface area contributed by atoms with Crippen molar-refractivity contribution in [2.75, 3.05) is 35.8 Å². The van der Waals surface area contributed by atoms with Crippen LogP contribution in [-0.4, -0.2) is 54.1 Å². The molecule has 13 heteroatoms. The van der Waals surface area contributed by atoms with Crippen LogP contribution in [0, 0.1) is 10.1 Å². The number of rotatable bonds is 3. The van der Waals surface area contributed by atoms with Crippen molar-refractivity contribution in [2.24, 2.45) is 0 Å². The van der Waals surface area contributed by atoms with Gasteiger partial charge in [-0.2, -0.15) is 5.10 Å². The number of para-hydroxylation sites is 1. The van der Waals surface area contributed by atoms with E-state index < -0.39 is 20.6 Å². The summed E-state index contributed by atoms with van der Waals surface area (Å²) in [6, 6.07) is 14.2. The average molecular weight is 516 g/mol. The highest BCUT2D eigenvalue weighted by atomic mass is 35.5. The van der Waals surface area contributed by atoms with E-state index in [-0.39, 0.29) is 23.8 Å². The molecule has 4 bridgehead atoms. The first-order chi connectivity index (χ1) is 16.4. The minimum atomic E-state index is -4.23. The molecular formula is C22H22ClN7O4S. The summed E-state index contributed by atoms with van der Waals surface area (Å²) >= 11 is 0. The minimum Gasteiger partial charge on any atom is -0.369 e. The second-order valence-corrected chi connectivity index (χ2v) is 9.50. The van der Waals surface area contributed by atoms with Gasteiger partial charge in [-0.05, 0) is 29.8 Å². The van der Waals surface area contributed by atoms with Crippen LogP contribution in [0.1, 0.15) is 0 Å². The van der Waals surface area contributed by atoms with Gasteiger partial charge in [0, 0.05) is 44.0 Å². The van der Waals surface area contributed by atoms with Crippen molar-refractivity contribution >= 4 is 45.3 Å². The van der Waals surface area contributed by atoms with Gasteiger partial charge in [0.25, 0.3) is 15.7 Å². The minimum absolute atomic E-state index is 0. The average Bonchev–Trinajstić information content (AvgIpc) is 3.26. The van der Waals surface area contributed by atoms with Crippen molar-refractivity contribution in [3.8, 4) is 11.1 Å². The molecule has 2 N–H and O–H groups in total. The van der Waals surface area contributed by atoms with Crippen molar-refractivity contribution in [2.45, 2.75) is 4.90 Å². The molecule has 1 aliphatic heterocycles. The van der Waals surface area contributed by atoms with Crippen LogP contribution < -0.4 is 14.9 Å². The molecule has 2 aromatic heterocycles. The molecule has 0 spiro atoms. The predicted molar refractivity (Wildman–Crippen MR) is 135 cm³/mol. The molecule has 0 fully saturated rings. The molecule has 2 aromatic carbocycles. The first-order valence-electron chi connectivity index (χ1n) is 10.6. The van der Waals surface area contributed by atoms with Gasteiger partial charge < -0.3 is 10.6 Å². The Morgan fingerprint density at radius 3 is 2.69 bits per heavy atom. The number of halogens is 1. The van der Waals surface area contributed by atoms with E-state index in [2.05, 4.69) is 20.7 Å². The molecule has 0 aliphatic carbocycles. The van der Waals surface area contributed by atoms with Crippen LogP contribution >= 0.6 is 12.4 Å². The fourth-order valence-corrected chi connectivity index (χ4v) is 5.53. The summed E-state index contributed by atoms with van der Waals surface area (Å²) in [5, 5.41) is 22.4. The largest absolute Gasteiger partial charge is 0.369 e. The van der Waals surface area contributed by atoms with Crippen molar-refractivity contribution < 1.29 is 13.3 Å². The molecule has 4 aromatic rings. The first kappa shape index (κ1) is 24.4. The maximum atomic E-state index is 13.7. The second kappa shape index (κ2) is 9.86. The lowest BCUT2D eigenvalue weighted by Gasteiger charge is -2.25. The number of nitrogens with one attached hydrogen (secondary N) is 2. The standard InChI is InChI=1S/C22H21N7O4S.ClH/c30-29(31)19-6-1-2-7-20(19)34(32,33)28-13-11-23-9-10-24-21-8-12-27-22(26-21)18(15-25-27)16-4-3-5-17(28)14-16;/h1-8,12,14-15,23H,9-11,13H2,(H,24,26);1H. The summed E-state index contributed by atoms with van der Waals surface area (Å²) in [6.07, 6.45) is 3.49. The van der Waals surface area contributed by atoms with E-state index in [1.54, 1.807) is 28.9 Å². The number of sulfonamides is 1. The van der Waals surface area contributed by atoms with Crippen LogP contribution in [0.2, 0.25) is 0 Å². The number of fused-ring (bicyclic) bond motifs is 4. The Balaban J connectivity index is 0.00000289. The second-order valence-electron chi connectivity index (χ2n) is 7.67. The Bertz CT molecular complexity index is 1490. The van der Waals surface area contributed by atoms with Crippen molar-refractivity contribution in [1.82, 2.24) is 19.9 Å². The van der Waals surface area contributed by atoms with E-state index in [1.807, 2.05) is 18.3 Å². The third-order valence-electron chi connectivity index (χ3n) is 5.54. The molecule has 1 aliphatic rings. The molecule has 0 amide bonds. The SMILES string of the molecule is Cl.O=[N+]([O-])c1ccccc1S(=O)(=O)N1CCNCCNc2ccn3ncc(c3n2)-c2cccc1c2. The Morgan fingerprint density at radius 2 is 1.86 bits per heavy atom. The highest BCUT2D eigenvalue weighted by Gasteiger charge is 2.31. The van der Waals surface area contributed by atoms with Crippen LogP contribution in [0.4, 0.5) is 17.2 Å². The summed E-state index contributed by atoms with van der Waals surface area (Å²) < 4.78 is 30.2. The lowest BCUT2D eigenvalue weighted by atomic mass is 10.1. The maximum Gasteiger partial charge on any atom is 0.289 e. The number of hydrogen-bond donors (Lipinski definition) is 2. The van der Waals surface area contributed by atoms with E-state index in [9.17, 15) is 18.5 Å². The molecule has 0 saturated heterocycles. The molecule has 5 rings (SSSR count). The molecule has 0 saturated carbocycles. The number of aromatic nitrogens is 3. The van der Waals surface area contributed by atoms with Gasteiger partial charge in [0.2, 0.25) is 0 Å². The fourth-order valence-electron chi connectivity index (χ4n) is 3.92. The van der Waals surface area contributed by atoms with Gasteiger partial charge in [0.05, 0.1) is 16.8 Å². The van der Waals surface area contributed by atoms with E-state index in [1.165, 1.54) is 28.6 Å². The Hall–Kier alpha value is -3.74. The molecule has 0 atom stereocenters. The number of nitro benzene ring substituents is 1. The molecule has 35 heavy (non-hydrogen) atoms. The molecule has 182 valence electrons. The number of nitrogens with zero attached hydrogens (tertiary/aromatic N) is 5. The highest BCUT2D eigenvalue weighted by molar-refractivity contribution is 7.93. The smallest absolute Gasteiger partial charge is 0.289 e. The summed E-state index contributed by atoms with van der Waals surface area (Å²) in [4.78, 5) is 15.2. The Kier molecular flexibility index (Phi) is 6.87. The molecule has 0 unspecified atom stereocenters. The van der Waals surface area contributed by atoms with Gasteiger partial charge >= 0.3 is 0 Å². The lowest BCUT2D eigenvalue weighted by Crippen LogP contribution is -2.38. The van der Waals surface area contributed by atoms with Crippen molar-refractivity contribution in [3.05, 3.63) is 77.1 Å². The topological polar surface area (TPSA) is 135 Å². The zero-order chi connectivity index (χ0) is 23.7. The van der Waals surface area contributed by atoms with Crippen LogP contribution in [0.3, 0.4) is 0 Å². The third-order valence-corrected chi connectivity index (χ3v) is 7.42. The predicted octanol–water partition coefficient (Wildman–Crippen LogP) is 2.94. The van der Waals surface area contributed by atoms with E-state index in [4.69, 9.17) is 0 Å². The molecule has 11 nitrogen and oxygen atoms in total. The normalized spacial score (nSPS) is 14.1. The van der Waals surface area contributed by atoms with Crippen LogP contribution in [0.25, 0.3) is 16.8 Å². The van der Waals surface area contributed by atoms with Crippen molar-refractivity contribution in [1.29, 1.82) is 0 Å². The molecular weight excluding hydrogens is 494 g/mol. The van der Waals surface area contributed by atoms with Gasteiger partial charge in [-0.15, -0.1) is 12.4 Å². The van der Waals surface area contributed by atoms with Crippen LogP contribution in [0.15, 0.2) is 71.9 Å². The summed E-state index contributed by atoms with van der Waals surface area (Å²) in [5.41, 5.74) is 2.02. The van der Waals surface area contributed by atoms with Gasteiger partial charge in [-0.3, -0.25) is 14.4 Å². The van der Waals surface area contributed by atoms with E-state index in [0.717, 1.165) is 11.1 Å². The fraction of sp³-hybridized carbons (Fsp3) is 0.182. The number of nitro groups is 1.